The number of halogens is 2. The van der Waals surface area contributed by atoms with Gasteiger partial charge in [0.2, 0.25) is 5.95 Å². The van der Waals surface area contributed by atoms with Crippen molar-refractivity contribution in [3.05, 3.63) is 41.7 Å². The van der Waals surface area contributed by atoms with E-state index in [2.05, 4.69) is 20.0 Å². The van der Waals surface area contributed by atoms with Crippen LogP contribution in [0, 0.1) is 6.92 Å². The van der Waals surface area contributed by atoms with Gasteiger partial charge in [0, 0.05) is 5.69 Å². The molecular formula is C13H12F2N4OS. The summed E-state index contributed by atoms with van der Waals surface area (Å²) in [5.74, 6) is 0.192. The van der Waals surface area contributed by atoms with Gasteiger partial charge < -0.3 is 15.8 Å². The lowest BCUT2D eigenvalue weighted by Crippen LogP contribution is -2.14. The average Bonchev–Trinajstić information content (AvgIpc) is 2.39. The minimum absolute atomic E-state index is 0.00511. The molecule has 21 heavy (non-hydrogen) atoms. The molecule has 1 aromatic heterocycles. The Morgan fingerprint density at radius 2 is 2.05 bits per heavy atom. The van der Waals surface area contributed by atoms with Gasteiger partial charge in [-0.25, -0.2) is 9.97 Å². The topological polar surface area (TPSA) is 73.1 Å². The van der Waals surface area contributed by atoms with E-state index >= 15 is 0 Å². The van der Waals surface area contributed by atoms with Crippen LogP contribution in [-0.4, -0.2) is 21.6 Å². The first-order valence-corrected chi connectivity index (χ1v) is 6.33. The molecule has 1 heterocycles. The van der Waals surface area contributed by atoms with Crippen LogP contribution in [0.1, 0.15) is 11.4 Å². The first-order valence-electron chi connectivity index (χ1n) is 5.92. The van der Waals surface area contributed by atoms with Crippen LogP contribution in [0.5, 0.6) is 5.75 Å². The number of thiocarbonyl (C=S) groups is 1. The number of hydrogen-bond acceptors (Lipinski definition) is 5. The molecule has 110 valence electrons. The van der Waals surface area contributed by atoms with Gasteiger partial charge in [-0.2, -0.15) is 8.78 Å². The van der Waals surface area contributed by atoms with Crippen molar-refractivity contribution in [3.63, 3.8) is 0 Å². The van der Waals surface area contributed by atoms with E-state index in [0.717, 1.165) is 0 Å². The lowest BCUT2D eigenvalue weighted by atomic mass is 10.3. The molecule has 0 amide bonds. The fourth-order valence-corrected chi connectivity index (χ4v) is 1.74. The van der Waals surface area contributed by atoms with Gasteiger partial charge in [-0.3, -0.25) is 0 Å². The second-order valence-corrected chi connectivity index (χ2v) is 4.52. The van der Waals surface area contributed by atoms with E-state index in [0.29, 0.717) is 17.1 Å². The van der Waals surface area contributed by atoms with Crippen molar-refractivity contribution in [3.8, 4) is 5.75 Å². The highest BCUT2D eigenvalue weighted by molar-refractivity contribution is 7.80. The third kappa shape index (κ3) is 4.06. The van der Waals surface area contributed by atoms with Crippen LogP contribution in [0.3, 0.4) is 0 Å². The maximum atomic E-state index is 12.4. The minimum Gasteiger partial charge on any atom is -0.433 e. The fraction of sp³-hybridized carbons (Fsp3) is 0.154. The van der Waals surface area contributed by atoms with Crippen LogP contribution in [0.2, 0.25) is 0 Å². The third-order valence-corrected chi connectivity index (χ3v) is 2.67. The lowest BCUT2D eigenvalue weighted by Gasteiger charge is -2.12. The monoisotopic (exact) mass is 310 g/mol. The minimum atomic E-state index is -2.92. The van der Waals surface area contributed by atoms with Crippen molar-refractivity contribution in [1.29, 1.82) is 0 Å². The number of anilines is 2. The van der Waals surface area contributed by atoms with Crippen LogP contribution < -0.4 is 15.8 Å². The number of benzene rings is 1. The van der Waals surface area contributed by atoms with Gasteiger partial charge >= 0.3 is 6.61 Å². The van der Waals surface area contributed by atoms with Crippen LogP contribution in [-0.2, 0) is 0 Å². The molecule has 0 spiro atoms. The number of nitrogens with one attached hydrogen (secondary N) is 1. The van der Waals surface area contributed by atoms with Crippen molar-refractivity contribution in [2.75, 3.05) is 5.32 Å². The molecule has 8 heteroatoms. The quantitative estimate of drug-likeness (QED) is 0.827. The molecule has 3 N–H and O–H groups in total. The van der Waals surface area contributed by atoms with Crippen molar-refractivity contribution in [1.82, 2.24) is 9.97 Å². The summed E-state index contributed by atoms with van der Waals surface area (Å²) < 4.78 is 29.1. The summed E-state index contributed by atoms with van der Waals surface area (Å²) in [6.45, 7) is -1.17. The summed E-state index contributed by atoms with van der Waals surface area (Å²) in [7, 11) is 0. The van der Waals surface area contributed by atoms with Crippen LogP contribution in [0.25, 0.3) is 0 Å². The van der Waals surface area contributed by atoms with Gasteiger partial charge in [-0.05, 0) is 25.1 Å². The number of ether oxygens (including phenoxy) is 1. The lowest BCUT2D eigenvalue weighted by molar-refractivity contribution is -0.0493. The van der Waals surface area contributed by atoms with E-state index in [-0.39, 0.29) is 16.7 Å². The Balaban J connectivity index is 2.32. The van der Waals surface area contributed by atoms with Gasteiger partial charge in [0.25, 0.3) is 0 Å². The Morgan fingerprint density at radius 3 is 2.71 bits per heavy atom. The Labute approximate surface area is 125 Å². The molecule has 0 atom stereocenters. The molecular weight excluding hydrogens is 298 g/mol. The summed E-state index contributed by atoms with van der Waals surface area (Å²) in [4.78, 5) is 8.39. The van der Waals surface area contributed by atoms with E-state index < -0.39 is 6.61 Å². The third-order valence-electron chi connectivity index (χ3n) is 2.46. The highest BCUT2D eigenvalue weighted by atomic mass is 32.1. The van der Waals surface area contributed by atoms with E-state index in [1.165, 1.54) is 6.07 Å². The maximum Gasteiger partial charge on any atom is 0.387 e. The number of aryl methyl sites for hydroxylation is 1. The zero-order valence-corrected chi connectivity index (χ0v) is 11.8. The molecule has 0 saturated carbocycles. The molecule has 0 aliphatic heterocycles. The molecule has 5 nitrogen and oxygen atoms in total. The standard InChI is InChI=1S/C13H12F2N4OS/c1-7-6-9(11(16)21)19-13(17-7)18-8-4-2-3-5-10(8)20-12(14)15/h2-6,12H,1H3,(H2,16,21)(H,17,18,19). The molecule has 0 radical (unpaired) electrons. The largest absolute Gasteiger partial charge is 0.433 e. The van der Waals surface area contributed by atoms with E-state index in [1.54, 1.807) is 31.2 Å². The molecule has 0 aliphatic rings. The summed E-state index contributed by atoms with van der Waals surface area (Å²) in [5.41, 5.74) is 6.88. The van der Waals surface area contributed by atoms with E-state index in [9.17, 15) is 8.78 Å². The van der Waals surface area contributed by atoms with Crippen molar-refractivity contribution in [2.45, 2.75) is 13.5 Å². The molecule has 0 saturated heterocycles. The summed E-state index contributed by atoms with van der Waals surface area (Å²) >= 11 is 4.86. The number of hydrogen-bond donors (Lipinski definition) is 2. The van der Waals surface area contributed by atoms with Gasteiger partial charge in [-0.1, -0.05) is 24.4 Å². The number of nitrogens with two attached hydrogens (primary N) is 1. The predicted octanol–water partition coefficient (Wildman–Crippen LogP) is 2.76. The van der Waals surface area contributed by atoms with Gasteiger partial charge in [0.1, 0.15) is 16.4 Å². The van der Waals surface area contributed by atoms with Crippen LogP contribution >= 0.6 is 12.2 Å². The molecule has 1 aromatic carbocycles. The second kappa shape index (κ2) is 6.40. The number of rotatable bonds is 5. The maximum absolute atomic E-state index is 12.4. The molecule has 0 unspecified atom stereocenters. The van der Waals surface area contributed by atoms with Crippen molar-refractivity contribution >= 4 is 28.8 Å². The summed E-state index contributed by atoms with van der Waals surface area (Å²) in [5, 5.41) is 2.82. The van der Waals surface area contributed by atoms with Crippen molar-refractivity contribution in [2.24, 2.45) is 5.73 Å². The van der Waals surface area contributed by atoms with Crippen molar-refractivity contribution < 1.29 is 13.5 Å². The molecule has 2 rings (SSSR count). The summed E-state index contributed by atoms with van der Waals surface area (Å²) in [6, 6.07) is 7.88. The second-order valence-electron chi connectivity index (χ2n) is 4.08. The average molecular weight is 310 g/mol. The molecule has 0 bridgehead atoms. The normalized spacial score (nSPS) is 10.5. The Morgan fingerprint density at radius 1 is 1.33 bits per heavy atom. The smallest absolute Gasteiger partial charge is 0.387 e. The van der Waals surface area contributed by atoms with Crippen LogP contribution in [0.4, 0.5) is 20.4 Å². The first kappa shape index (κ1) is 15.0. The van der Waals surface area contributed by atoms with E-state index in [4.69, 9.17) is 18.0 Å². The Kier molecular flexibility index (Phi) is 4.59. The molecule has 2 aromatic rings. The number of aromatic nitrogens is 2. The molecule has 0 aliphatic carbocycles. The predicted molar refractivity (Wildman–Crippen MR) is 79.0 cm³/mol. The first-order chi connectivity index (χ1) is 9.95. The van der Waals surface area contributed by atoms with Crippen LogP contribution in [0.15, 0.2) is 30.3 Å². The van der Waals surface area contributed by atoms with Gasteiger partial charge in [0.15, 0.2) is 0 Å². The fourth-order valence-electron chi connectivity index (χ4n) is 1.64. The number of alkyl halides is 2. The highest BCUT2D eigenvalue weighted by Crippen LogP contribution is 2.27. The Bertz CT molecular complexity index is 666. The van der Waals surface area contributed by atoms with Gasteiger partial charge in [0.05, 0.1) is 5.69 Å². The summed E-state index contributed by atoms with van der Waals surface area (Å²) in [6.07, 6.45) is 0. The SMILES string of the molecule is Cc1cc(C(N)=S)nc(Nc2ccccc2OC(F)F)n1. The highest BCUT2D eigenvalue weighted by Gasteiger charge is 2.11. The van der Waals surface area contributed by atoms with Gasteiger partial charge in [-0.15, -0.1) is 0 Å². The number of nitrogens with zero attached hydrogens (tertiary/aromatic N) is 2. The Hall–Kier alpha value is -2.35. The zero-order chi connectivity index (χ0) is 15.4. The number of para-hydroxylation sites is 2. The zero-order valence-electron chi connectivity index (χ0n) is 11.0. The van der Waals surface area contributed by atoms with E-state index in [1.807, 2.05) is 0 Å². The molecule has 0 fully saturated rings.